The second kappa shape index (κ2) is 4.77. The minimum Gasteiger partial charge on any atom is -0.358 e. The van der Waals surface area contributed by atoms with E-state index in [2.05, 4.69) is 25.5 Å². The first kappa shape index (κ1) is 12.6. The third kappa shape index (κ3) is 2.35. The number of nitrogens with zero attached hydrogens (tertiary/aromatic N) is 4. The van der Waals surface area contributed by atoms with Gasteiger partial charge >= 0.3 is 0 Å². The Kier molecular flexibility index (Phi) is 3.33. The molecule has 2 aromatic heterocycles. The lowest BCUT2D eigenvalue weighted by Gasteiger charge is -2.18. The van der Waals surface area contributed by atoms with Crippen molar-refractivity contribution in [1.82, 2.24) is 25.1 Å². The number of hydrogen-bond acceptors (Lipinski definition) is 5. The van der Waals surface area contributed by atoms with E-state index >= 15 is 0 Å². The monoisotopic (exact) mass is 268 g/mol. The largest absolute Gasteiger partial charge is 0.358 e. The predicted molar refractivity (Wildman–Crippen MR) is 68.5 cm³/mol. The average molecular weight is 269 g/mol. The highest BCUT2D eigenvalue weighted by Crippen LogP contribution is 2.20. The van der Waals surface area contributed by atoms with E-state index in [1.165, 1.54) is 4.90 Å². The molecule has 8 heteroatoms. The summed E-state index contributed by atoms with van der Waals surface area (Å²) < 4.78 is 0. The Morgan fingerprint density at radius 1 is 1.50 bits per heavy atom. The maximum atomic E-state index is 11.8. The van der Waals surface area contributed by atoms with Gasteiger partial charge in [-0.25, -0.2) is 0 Å². The molecular weight excluding hydrogens is 256 g/mol. The van der Waals surface area contributed by atoms with Gasteiger partial charge < -0.3 is 10.2 Å². The fourth-order valence-electron chi connectivity index (χ4n) is 1.57. The first-order valence-corrected chi connectivity index (χ1v) is 5.71. The molecule has 2 N–H and O–H groups in total. The highest BCUT2D eigenvalue weighted by atomic mass is 35.5. The van der Waals surface area contributed by atoms with Crippen LogP contribution in [-0.2, 0) is 4.79 Å². The Bertz CT molecular complexity index is 581. The molecule has 0 bridgehead atoms. The number of carbonyl (C=O) groups is 1. The fourth-order valence-corrected chi connectivity index (χ4v) is 1.74. The number of rotatable bonds is 3. The molecule has 0 saturated heterocycles. The number of aromatic nitrogens is 4. The molecule has 0 radical (unpaired) electrons. The van der Waals surface area contributed by atoms with Crippen LogP contribution in [0.5, 0.6) is 0 Å². The van der Waals surface area contributed by atoms with Crippen LogP contribution in [-0.4, -0.2) is 51.1 Å². The van der Waals surface area contributed by atoms with Crippen LogP contribution in [0.3, 0.4) is 0 Å². The third-order valence-electron chi connectivity index (χ3n) is 2.45. The molecule has 0 aliphatic rings. The van der Waals surface area contributed by atoms with Crippen molar-refractivity contribution in [3.05, 3.63) is 11.5 Å². The number of aromatic amines is 1. The summed E-state index contributed by atoms with van der Waals surface area (Å²) >= 11 is 5.80. The van der Waals surface area contributed by atoms with Crippen LogP contribution in [0.4, 0.5) is 5.82 Å². The summed E-state index contributed by atoms with van der Waals surface area (Å²) in [5.74, 6) is 0.433. The van der Waals surface area contributed by atoms with Crippen LogP contribution in [0, 0.1) is 0 Å². The average Bonchev–Trinajstić information content (AvgIpc) is 2.75. The Balaban J connectivity index is 2.31. The molecule has 1 atom stereocenters. The molecule has 0 saturated carbocycles. The van der Waals surface area contributed by atoms with E-state index in [0.717, 1.165) is 0 Å². The molecule has 0 aliphatic heterocycles. The van der Waals surface area contributed by atoms with E-state index in [0.29, 0.717) is 16.9 Å². The van der Waals surface area contributed by atoms with Gasteiger partial charge in [0.1, 0.15) is 11.9 Å². The van der Waals surface area contributed by atoms with Gasteiger partial charge in [-0.1, -0.05) is 0 Å². The van der Waals surface area contributed by atoms with Gasteiger partial charge in [0.15, 0.2) is 5.65 Å². The Labute approximate surface area is 109 Å². The van der Waals surface area contributed by atoms with Gasteiger partial charge in [0.05, 0.1) is 11.6 Å². The van der Waals surface area contributed by atoms with Crippen molar-refractivity contribution in [2.75, 3.05) is 19.4 Å². The lowest BCUT2D eigenvalue weighted by atomic mass is 10.3. The van der Waals surface area contributed by atoms with Gasteiger partial charge in [-0.15, -0.1) is 0 Å². The van der Waals surface area contributed by atoms with E-state index < -0.39 is 6.04 Å². The van der Waals surface area contributed by atoms with Gasteiger partial charge in [0.2, 0.25) is 11.2 Å². The van der Waals surface area contributed by atoms with Crippen LogP contribution < -0.4 is 5.32 Å². The van der Waals surface area contributed by atoms with Gasteiger partial charge in [-0.3, -0.25) is 9.89 Å². The van der Waals surface area contributed by atoms with Crippen molar-refractivity contribution in [1.29, 1.82) is 0 Å². The summed E-state index contributed by atoms with van der Waals surface area (Å²) in [6.45, 7) is 1.75. The van der Waals surface area contributed by atoms with E-state index in [1.807, 2.05) is 0 Å². The molecule has 7 nitrogen and oxygen atoms in total. The van der Waals surface area contributed by atoms with Crippen LogP contribution >= 0.6 is 11.6 Å². The molecule has 0 aliphatic carbocycles. The molecule has 1 amide bonds. The van der Waals surface area contributed by atoms with E-state index in [-0.39, 0.29) is 11.2 Å². The molecule has 2 heterocycles. The summed E-state index contributed by atoms with van der Waals surface area (Å²) in [6.07, 6.45) is 1.58. The molecule has 18 heavy (non-hydrogen) atoms. The van der Waals surface area contributed by atoms with Crippen LogP contribution in [0.2, 0.25) is 5.28 Å². The number of hydrogen-bond donors (Lipinski definition) is 2. The Morgan fingerprint density at radius 2 is 2.22 bits per heavy atom. The predicted octanol–water partition coefficient (Wildman–Crippen LogP) is 0.895. The zero-order valence-electron chi connectivity index (χ0n) is 10.2. The normalized spacial score (nSPS) is 12.4. The molecule has 0 fully saturated rings. The lowest BCUT2D eigenvalue weighted by molar-refractivity contribution is -0.129. The van der Waals surface area contributed by atoms with Crippen molar-refractivity contribution >= 4 is 34.4 Å². The zero-order valence-corrected chi connectivity index (χ0v) is 11.0. The number of H-pyrrole nitrogens is 1. The van der Waals surface area contributed by atoms with Crippen molar-refractivity contribution < 1.29 is 4.79 Å². The fraction of sp³-hybridized carbons (Fsp3) is 0.400. The molecule has 0 spiro atoms. The minimum atomic E-state index is -0.413. The maximum Gasteiger partial charge on any atom is 0.244 e. The zero-order chi connectivity index (χ0) is 13.3. The first-order chi connectivity index (χ1) is 8.49. The number of nitrogens with one attached hydrogen (secondary N) is 2. The quantitative estimate of drug-likeness (QED) is 0.808. The topological polar surface area (TPSA) is 86.8 Å². The SMILES string of the molecule is CC(Nc1nc(Cl)nc2[nH]ncc12)C(=O)N(C)C. The highest BCUT2D eigenvalue weighted by Gasteiger charge is 2.17. The lowest BCUT2D eigenvalue weighted by Crippen LogP contribution is -2.36. The number of likely N-dealkylation sites (N-methyl/N-ethyl adjacent to an activating group) is 1. The molecular formula is C10H13ClN6O. The number of anilines is 1. The highest BCUT2D eigenvalue weighted by molar-refractivity contribution is 6.28. The first-order valence-electron chi connectivity index (χ1n) is 5.33. The molecule has 0 aromatic carbocycles. The van der Waals surface area contributed by atoms with Gasteiger partial charge in [0, 0.05) is 14.1 Å². The van der Waals surface area contributed by atoms with Crippen LogP contribution in [0.25, 0.3) is 11.0 Å². The van der Waals surface area contributed by atoms with Crippen molar-refractivity contribution in [3.8, 4) is 0 Å². The molecule has 96 valence electrons. The minimum absolute atomic E-state index is 0.0543. The van der Waals surface area contributed by atoms with Crippen molar-refractivity contribution in [3.63, 3.8) is 0 Å². The third-order valence-corrected chi connectivity index (χ3v) is 2.62. The second-order valence-corrected chi connectivity index (χ2v) is 4.41. The summed E-state index contributed by atoms with van der Waals surface area (Å²) in [5.41, 5.74) is 0.530. The summed E-state index contributed by atoms with van der Waals surface area (Å²) in [7, 11) is 3.39. The van der Waals surface area contributed by atoms with Gasteiger partial charge in [0.25, 0.3) is 0 Å². The number of carbonyl (C=O) groups excluding carboxylic acids is 1. The van der Waals surface area contributed by atoms with E-state index in [9.17, 15) is 4.79 Å². The summed E-state index contributed by atoms with van der Waals surface area (Å²) in [6, 6.07) is -0.413. The molecule has 1 unspecified atom stereocenters. The van der Waals surface area contributed by atoms with Crippen molar-refractivity contribution in [2.24, 2.45) is 0 Å². The Morgan fingerprint density at radius 3 is 2.89 bits per heavy atom. The summed E-state index contributed by atoms with van der Waals surface area (Å²) in [4.78, 5) is 21.3. The standard InChI is InChI=1S/C10H13ClN6O/c1-5(9(18)17(2)3)13-7-6-4-12-16-8(6)15-10(11)14-7/h4-5H,1-3H3,(H2,12,13,14,15,16). The van der Waals surface area contributed by atoms with E-state index in [1.54, 1.807) is 27.2 Å². The smallest absolute Gasteiger partial charge is 0.244 e. The Hall–Kier alpha value is -1.89. The number of fused-ring (bicyclic) bond motifs is 1. The van der Waals surface area contributed by atoms with Crippen molar-refractivity contribution in [2.45, 2.75) is 13.0 Å². The van der Waals surface area contributed by atoms with Crippen LogP contribution in [0.1, 0.15) is 6.92 Å². The second-order valence-electron chi connectivity index (χ2n) is 4.07. The van der Waals surface area contributed by atoms with Gasteiger partial charge in [-0.05, 0) is 18.5 Å². The van der Waals surface area contributed by atoms with E-state index in [4.69, 9.17) is 11.6 Å². The summed E-state index contributed by atoms with van der Waals surface area (Å²) in [5, 5.41) is 10.4. The number of amides is 1. The molecule has 2 rings (SSSR count). The number of halogens is 1. The maximum absolute atomic E-state index is 11.8. The van der Waals surface area contributed by atoms with Gasteiger partial charge in [-0.2, -0.15) is 15.1 Å². The van der Waals surface area contributed by atoms with Crippen LogP contribution in [0.15, 0.2) is 6.20 Å². The molecule has 2 aromatic rings.